The molecule has 0 atom stereocenters. The molecule has 0 amide bonds. The summed E-state index contributed by atoms with van der Waals surface area (Å²) in [5, 5.41) is 7.76. The SMILES string of the molecule is Cc1ccc(-c2csc(N/N=C/c3ccc(OCc4ccccc4Cl)cc3)n2)cc1. The quantitative estimate of drug-likeness (QED) is 0.257. The van der Waals surface area contributed by atoms with E-state index in [0.717, 1.165) is 33.3 Å². The minimum absolute atomic E-state index is 0.433. The molecule has 1 N–H and O–H groups in total. The Morgan fingerprint density at radius 2 is 1.80 bits per heavy atom. The molecular formula is C24H20ClN3OS. The minimum atomic E-state index is 0.433. The van der Waals surface area contributed by atoms with E-state index in [9.17, 15) is 0 Å². The topological polar surface area (TPSA) is 46.5 Å². The van der Waals surface area contributed by atoms with Crippen LogP contribution in [0.15, 0.2) is 83.3 Å². The smallest absolute Gasteiger partial charge is 0.203 e. The maximum Gasteiger partial charge on any atom is 0.203 e. The summed E-state index contributed by atoms with van der Waals surface area (Å²) < 4.78 is 5.80. The summed E-state index contributed by atoms with van der Waals surface area (Å²) in [4.78, 5) is 4.58. The van der Waals surface area contributed by atoms with E-state index in [1.54, 1.807) is 6.21 Å². The molecule has 0 aliphatic rings. The third kappa shape index (κ3) is 5.26. The van der Waals surface area contributed by atoms with Gasteiger partial charge in [-0.15, -0.1) is 11.3 Å². The van der Waals surface area contributed by atoms with E-state index in [-0.39, 0.29) is 0 Å². The van der Waals surface area contributed by atoms with Crippen molar-refractivity contribution in [2.45, 2.75) is 13.5 Å². The van der Waals surface area contributed by atoms with E-state index < -0.39 is 0 Å². The van der Waals surface area contributed by atoms with Crippen LogP contribution in [-0.2, 0) is 6.61 Å². The molecule has 0 saturated heterocycles. The zero-order valence-electron chi connectivity index (χ0n) is 16.4. The highest BCUT2D eigenvalue weighted by Crippen LogP contribution is 2.25. The normalized spacial score (nSPS) is 11.0. The number of hydrogen-bond donors (Lipinski definition) is 1. The molecule has 4 rings (SSSR count). The van der Waals surface area contributed by atoms with Crippen molar-refractivity contribution in [3.8, 4) is 17.0 Å². The van der Waals surface area contributed by atoms with Gasteiger partial charge in [0.15, 0.2) is 0 Å². The molecular weight excluding hydrogens is 414 g/mol. The van der Waals surface area contributed by atoms with Gasteiger partial charge in [0.2, 0.25) is 5.13 Å². The van der Waals surface area contributed by atoms with Gasteiger partial charge in [0.1, 0.15) is 12.4 Å². The number of rotatable bonds is 7. The Morgan fingerprint density at radius 1 is 1.03 bits per heavy atom. The lowest BCUT2D eigenvalue weighted by atomic mass is 10.1. The molecule has 1 heterocycles. The number of hydrogen-bond acceptors (Lipinski definition) is 5. The Hall–Kier alpha value is -3.15. The second kappa shape index (κ2) is 9.57. The first-order valence-corrected chi connectivity index (χ1v) is 10.7. The number of hydrazone groups is 1. The lowest BCUT2D eigenvalue weighted by Gasteiger charge is -2.07. The van der Waals surface area contributed by atoms with Crippen LogP contribution in [-0.4, -0.2) is 11.2 Å². The van der Waals surface area contributed by atoms with Gasteiger partial charge >= 0.3 is 0 Å². The Labute approximate surface area is 184 Å². The standard InChI is InChI=1S/C24H20ClN3OS/c1-17-6-10-19(11-7-17)23-16-30-24(27-23)28-26-14-18-8-12-21(13-9-18)29-15-20-4-2-3-5-22(20)25/h2-14,16H,15H2,1H3,(H,27,28)/b26-14+. The highest BCUT2D eigenvalue weighted by molar-refractivity contribution is 7.14. The molecule has 0 unspecified atom stereocenters. The average Bonchev–Trinajstić information content (AvgIpc) is 3.23. The second-order valence-electron chi connectivity index (χ2n) is 6.72. The van der Waals surface area contributed by atoms with Gasteiger partial charge < -0.3 is 4.74 Å². The Morgan fingerprint density at radius 3 is 2.57 bits per heavy atom. The van der Waals surface area contributed by atoms with Crippen LogP contribution in [0.3, 0.4) is 0 Å². The molecule has 4 aromatic rings. The van der Waals surface area contributed by atoms with Crippen LogP contribution in [0.1, 0.15) is 16.7 Å². The van der Waals surface area contributed by atoms with E-state index in [2.05, 4.69) is 46.7 Å². The van der Waals surface area contributed by atoms with E-state index in [4.69, 9.17) is 16.3 Å². The number of ether oxygens (including phenoxy) is 1. The zero-order chi connectivity index (χ0) is 20.8. The molecule has 6 heteroatoms. The fourth-order valence-electron chi connectivity index (χ4n) is 2.77. The maximum atomic E-state index is 6.16. The van der Waals surface area contributed by atoms with Gasteiger partial charge in [-0.2, -0.15) is 5.10 Å². The van der Waals surface area contributed by atoms with Crippen molar-refractivity contribution in [1.29, 1.82) is 0 Å². The Balaban J connectivity index is 1.31. The molecule has 0 aliphatic heterocycles. The summed E-state index contributed by atoms with van der Waals surface area (Å²) in [5.41, 5.74) is 8.19. The van der Waals surface area contributed by atoms with Crippen molar-refractivity contribution in [3.05, 3.63) is 99.9 Å². The number of aryl methyl sites for hydroxylation is 1. The van der Waals surface area contributed by atoms with Gasteiger partial charge in [0, 0.05) is 21.5 Å². The van der Waals surface area contributed by atoms with Crippen LogP contribution in [0.25, 0.3) is 11.3 Å². The van der Waals surface area contributed by atoms with E-state index in [1.807, 2.05) is 53.9 Å². The van der Waals surface area contributed by atoms with Crippen molar-refractivity contribution < 1.29 is 4.74 Å². The van der Waals surface area contributed by atoms with E-state index in [1.165, 1.54) is 16.9 Å². The van der Waals surface area contributed by atoms with Crippen molar-refractivity contribution in [2.24, 2.45) is 5.10 Å². The molecule has 0 bridgehead atoms. The highest BCUT2D eigenvalue weighted by atomic mass is 35.5. The second-order valence-corrected chi connectivity index (χ2v) is 7.99. The number of thiazole rings is 1. The number of nitrogens with one attached hydrogen (secondary N) is 1. The van der Waals surface area contributed by atoms with Gasteiger partial charge in [-0.05, 0) is 42.8 Å². The lowest BCUT2D eigenvalue weighted by Crippen LogP contribution is -1.96. The van der Waals surface area contributed by atoms with Crippen LogP contribution in [0.4, 0.5) is 5.13 Å². The summed E-state index contributed by atoms with van der Waals surface area (Å²) in [5.74, 6) is 0.780. The van der Waals surface area contributed by atoms with Gasteiger partial charge in [0.05, 0.1) is 11.9 Å². The van der Waals surface area contributed by atoms with Crippen LogP contribution < -0.4 is 10.2 Å². The first-order chi connectivity index (χ1) is 14.7. The summed E-state index contributed by atoms with van der Waals surface area (Å²) >= 11 is 7.68. The maximum absolute atomic E-state index is 6.16. The molecule has 1 aromatic heterocycles. The highest BCUT2D eigenvalue weighted by Gasteiger charge is 2.04. The van der Waals surface area contributed by atoms with Crippen molar-refractivity contribution in [1.82, 2.24) is 4.98 Å². The predicted molar refractivity (Wildman–Crippen MR) is 126 cm³/mol. The zero-order valence-corrected chi connectivity index (χ0v) is 18.0. The van der Waals surface area contributed by atoms with Gasteiger partial charge in [-0.1, -0.05) is 59.6 Å². The molecule has 0 radical (unpaired) electrons. The largest absolute Gasteiger partial charge is 0.489 e. The molecule has 0 saturated carbocycles. The van der Waals surface area contributed by atoms with Crippen LogP contribution in [0, 0.1) is 6.92 Å². The summed E-state index contributed by atoms with van der Waals surface area (Å²) in [6, 6.07) is 23.7. The predicted octanol–water partition coefficient (Wildman–Crippen LogP) is 6.80. The van der Waals surface area contributed by atoms with E-state index >= 15 is 0 Å². The fourth-order valence-corrected chi connectivity index (χ4v) is 3.63. The molecule has 0 aliphatic carbocycles. The van der Waals surface area contributed by atoms with Gasteiger partial charge in [-0.3, -0.25) is 5.43 Å². The molecule has 30 heavy (non-hydrogen) atoms. The Kier molecular flexibility index (Phi) is 6.42. The average molecular weight is 434 g/mol. The molecule has 150 valence electrons. The minimum Gasteiger partial charge on any atom is -0.489 e. The van der Waals surface area contributed by atoms with Gasteiger partial charge in [0.25, 0.3) is 0 Å². The van der Waals surface area contributed by atoms with Crippen molar-refractivity contribution in [3.63, 3.8) is 0 Å². The number of aromatic nitrogens is 1. The molecule has 0 spiro atoms. The molecule has 4 nitrogen and oxygen atoms in total. The van der Waals surface area contributed by atoms with Crippen molar-refractivity contribution in [2.75, 3.05) is 5.43 Å². The lowest BCUT2D eigenvalue weighted by molar-refractivity contribution is 0.306. The van der Waals surface area contributed by atoms with Crippen LogP contribution >= 0.6 is 22.9 Å². The molecule has 0 fully saturated rings. The third-order valence-electron chi connectivity index (χ3n) is 4.46. The number of anilines is 1. The monoisotopic (exact) mass is 433 g/mol. The van der Waals surface area contributed by atoms with Crippen LogP contribution in [0.5, 0.6) is 5.75 Å². The summed E-state index contributed by atoms with van der Waals surface area (Å²) in [7, 11) is 0. The summed E-state index contributed by atoms with van der Waals surface area (Å²) in [6.07, 6.45) is 1.75. The first kappa shape index (κ1) is 20.1. The number of nitrogens with zero attached hydrogens (tertiary/aromatic N) is 2. The van der Waals surface area contributed by atoms with Gasteiger partial charge in [-0.25, -0.2) is 4.98 Å². The number of halogens is 1. The third-order valence-corrected chi connectivity index (χ3v) is 5.57. The fraction of sp³-hybridized carbons (Fsp3) is 0.0833. The molecule has 3 aromatic carbocycles. The first-order valence-electron chi connectivity index (χ1n) is 9.45. The number of benzene rings is 3. The summed E-state index contributed by atoms with van der Waals surface area (Å²) in [6.45, 7) is 2.51. The Bertz CT molecular complexity index is 1140. The van der Waals surface area contributed by atoms with Crippen LogP contribution in [0.2, 0.25) is 5.02 Å². The van der Waals surface area contributed by atoms with Crippen molar-refractivity contribution >= 4 is 34.3 Å². The van der Waals surface area contributed by atoms with E-state index in [0.29, 0.717) is 11.6 Å².